The molecule has 1 amide bonds. The maximum Gasteiger partial charge on any atom is 0.305 e. The highest BCUT2D eigenvalue weighted by Gasteiger charge is 2.57. The van der Waals surface area contributed by atoms with Crippen molar-refractivity contribution < 1.29 is 85.7 Å². The largest absolute Gasteiger partial charge is 0.463 e. The van der Waals surface area contributed by atoms with Gasteiger partial charge in [0.25, 0.3) is 0 Å². The quantitative estimate of drug-likeness (QED) is 0.187. The van der Waals surface area contributed by atoms with Gasteiger partial charge in [0.1, 0.15) is 37.6 Å². The molecule has 2 rings (SSSR count). The van der Waals surface area contributed by atoms with Crippen LogP contribution in [0.3, 0.4) is 0 Å². The van der Waals surface area contributed by atoms with Crippen molar-refractivity contribution in [1.82, 2.24) is 5.32 Å². The highest BCUT2D eigenvalue weighted by molar-refractivity contribution is 5.74. The highest BCUT2D eigenvalue weighted by atomic mass is 16.8. The molecular weight excluding hydrogens is 638 g/mol. The summed E-state index contributed by atoms with van der Waals surface area (Å²) in [6, 6.07) is -1.43. The Hall–Kier alpha value is -4.36. The van der Waals surface area contributed by atoms with Crippen LogP contribution in [0.4, 0.5) is 0 Å². The molecule has 0 spiro atoms. The lowest BCUT2D eigenvalue weighted by Gasteiger charge is -2.48. The minimum absolute atomic E-state index is 0.577. The van der Waals surface area contributed by atoms with Gasteiger partial charge in [-0.1, -0.05) is 0 Å². The van der Waals surface area contributed by atoms with Crippen molar-refractivity contribution in [2.75, 3.05) is 13.2 Å². The van der Waals surface area contributed by atoms with Gasteiger partial charge in [-0.2, -0.15) is 0 Å². The van der Waals surface area contributed by atoms with Gasteiger partial charge in [0.05, 0.1) is 0 Å². The van der Waals surface area contributed by atoms with Crippen LogP contribution < -0.4 is 5.32 Å². The lowest BCUT2D eigenvalue weighted by Crippen LogP contribution is -2.69. The van der Waals surface area contributed by atoms with E-state index in [2.05, 4.69) is 5.32 Å². The van der Waals surface area contributed by atoms with Gasteiger partial charge < -0.3 is 52.7 Å². The Balaban J connectivity index is 2.73. The van der Waals surface area contributed by atoms with Gasteiger partial charge in [-0.3, -0.25) is 38.4 Å². The summed E-state index contributed by atoms with van der Waals surface area (Å²) in [5.74, 6) is -6.64. The predicted molar refractivity (Wildman–Crippen MR) is 147 cm³/mol. The van der Waals surface area contributed by atoms with E-state index in [1.165, 1.54) is 0 Å². The summed E-state index contributed by atoms with van der Waals surface area (Å²) in [5.41, 5.74) is 0. The van der Waals surface area contributed by atoms with E-state index in [0.29, 0.717) is 0 Å². The molecule has 0 aromatic heterocycles. The molecule has 0 aliphatic carbocycles. The van der Waals surface area contributed by atoms with Crippen molar-refractivity contribution in [1.29, 1.82) is 0 Å². The van der Waals surface area contributed by atoms with Crippen LogP contribution in [-0.2, 0) is 85.7 Å². The minimum Gasteiger partial charge on any atom is -0.463 e. The molecule has 2 heterocycles. The number of ether oxygens (including phenoxy) is 10. The molecular formula is C28H39NO18. The molecule has 0 bridgehead atoms. The van der Waals surface area contributed by atoms with Gasteiger partial charge in [-0.25, -0.2) is 0 Å². The molecule has 47 heavy (non-hydrogen) atoms. The Kier molecular flexibility index (Phi) is 14.5. The van der Waals surface area contributed by atoms with Crippen molar-refractivity contribution in [3.05, 3.63) is 0 Å². The van der Waals surface area contributed by atoms with Crippen molar-refractivity contribution in [2.45, 2.75) is 117 Å². The molecule has 0 aromatic carbocycles. The third kappa shape index (κ3) is 12.1. The molecule has 0 unspecified atom stereocenters. The van der Waals surface area contributed by atoms with E-state index in [1.807, 2.05) is 0 Å². The molecule has 2 saturated heterocycles. The normalized spacial score (nSPS) is 30.0. The summed E-state index contributed by atoms with van der Waals surface area (Å²) in [6.07, 6.45) is -14.2. The summed E-state index contributed by atoms with van der Waals surface area (Å²) in [6.45, 7) is 7.30. The molecule has 0 radical (unpaired) electrons. The van der Waals surface area contributed by atoms with E-state index >= 15 is 0 Å². The molecule has 2 fully saturated rings. The third-order valence-corrected chi connectivity index (χ3v) is 6.29. The van der Waals surface area contributed by atoms with Gasteiger partial charge in [-0.15, -0.1) is 0 Å². The summed E-state index contributed by atoms with van der Waals surface area (Å²) < 4.78 is 55.2. The molecule has 0 aromatic rings. The van der Waals surface area contributed by atoms with Crippen LogP contribution in [0.2, 0.25) is 0 Å². The van der Waals surface area contributed by atoms with Crippen LogP contribution in [0.5, 0.6) is 0 Å². The summed E-state index contributed by atoms with van der Waals surface area (Å²) >= 11 is 0. The number of nitrogens with one attached hydrogen (secondary N) is 1. The van der Waals surface area contributed by atoms with Gasteiger partial charge in [0.15, 0.2) is 30.7 Å². The first-order valence-corrected chi connectivity index (χ1v) is 14.3. The lowest BCUT2D eigenvalue weighted by molar-refractivity contribution is -0.348. The van der Waals surface area contributed by atoms with Gasteiger partial charge in [0, 0.05) is 55.4 Å². The zero-order chi connectivity index (χ0) is 35.6. The first-order valence-electron chi connectivity index (χ1n) is 14.3. The van der Waals surface area contributed by atoms with E-state index in [1.54, 1.807) is 0 Å². The maximum atomic E-state index is 12.3. The fraction of sp³-hybridized carbons (Fsp3) is 0.714. The Morgan fingerprint density at radius 3 is 1.32 bits per heavy atom. The Morgan fingerprint density at radius 1 is 0.468 bits per heavy atom. The predicted octanol–water partition coefficient (Wildman–Crippen LogP) is -1.26. The number of carbonyl (C=O) groups is 8. The number of carbonyl (C=O) groups excluding carboxylic acids is 8. The molecule has 264 valence electrons. The average Bonchev–Trinajstić information content (AvgIpc) is 2.91. The summed E-state index contributed by atoms with van der Waals surface area (Å²) in [5, 5.41) is 2.48. The average molecular weight is 678 g/mol. The standard InChI is InChI=1S/C28H39NO18/c1-11(30)29-21-24(41-15(5)34)22(19(9-38-12(2)31)45-27(21)44-18(8)37)47-28-26(43-17(7)36)25(42-16(6)35)23(40-14(4)33)20(46-28)10-39-13(3)32/h19-28H,9-10H2,1-8H3,(H,29,30)/t19-,20+,21-,22-,23+,24+,25-,26-,27-,28-/m1/s1. The maximum absolute atomic E-state index is 12.3. The molecule has 0 saturated carbocycles. The zero-order valence-corrected chi connectivity index (χ0v) is 27.0. The van der Waals surface area contributed by atoms with Crippen LogP contribution in [0.25, 0.3) is 0 Å². The molecule has 2 aliphatic heterocycles. The van der Waals surface area contributed by atoms with E-state index in [-0.39, 0.29) is 0 Å². The zero-order valence-electron chi connectivity index (χ0n) is 27.0. The van der Waals surface area contributed by atoms with Gasteiger partial charge >= 0.3 is 41.8 Å². The number of rotatable bonds is 12. The van der Waals surface area contributed by atoms with Gasteiger partial charge in [-0.05, 0) is 0 Å². The Labute approximate surface area is 269 Å². The summed E-state index contributed by atoms with van der Waals surface area (Å²) in [4.78, 5) is 96.5. The van der Waals surface area contributed by atoms with Crippen molar-refractivity contribution in [3.8, 4) is 0 Å². The number of esters is 7. The van der Waals surface area contributed by atoms with Crippen molar-refractivity contribution in [3.63, 3.8) is 0 Å². The molecule has 19 nitrogen and oxygen atoms in total. The Morgan fingerprint density at radius 2 is 0.872 bits per heavy atom. The fourth-order valence-electron chi connectivity index (χ4n) is 4.84. The van der Waals surface area contributed by atoms with E-state index < -0.39 is 122 Å². The third-order valence-electron chi connectivity index (χ3n) is 6.29. The lowest BCUT2D eigenvalue weighted by atomic mass is 9.94. The SMILES string of the molecule is CC(=O)N[C@H]1[C@H](OC(C)=O)O[C@H](COC(C)=O)[C@@H](O[C@H]2O[C@@H](COC(C)=O)[C@H](OC(C)=O)[C@@H](OC(C)=O)[C@H]2OC(C)=O)[C@H]1OC(C)=O. The molecule has 2 aliphatic rings. The monoisotopic (exact) mass is 677 g/mol. The van der Waals surface area contributed by atoms with Crippen LogP contribution in [0.15, 0.2) is 0 Å². The smallest absolute Gasteiger partial charge is 0.305 e. The first-order chi connectivity index (χ1) is 21.9. The summed E-state index contributed by atoms with van der Waals surface area (Å²) in [7, 11) is 0. The van der Waals surface area contributed by atoms with E-state index in [4.69, 9.17) is 47.4 Å². The number of amides is 1. The minimum atomic E-state index is -1.80. The van der Waals surface area contributed by atoms with Crippen LogP contribution in [0.1, 0.15) is 55.4 Å². The van der Waals surface area contributed by atoms with Crippen LogP contribution in [-0.4, -0.2) is 122 Å². The number of hydrogen-bond donors (Lipinski definition) is 1. The van der Waals surface area contributed by atoms with Crippen LogP contribution >= 0.6 is 0 Å². The second-order valence-corrected chi connectivity index (χ2v) is 10.4. The molecule has 10 atom stereocenters. The highest BCUT2D eigenvalue weighted by Crippen LogP contribution is 2.34. The number of hydrogen-bond acceptors (Lipinski definition) is 18. The van der Waals surface area contributed by atoms with Gasteiger partial charge in [0.2, 0.25) is 12.2 Å². The van der Waals surface area contributed by atoms with Crippen molar-refractivity contribution >= 4 is 47.7 Å². The second-order valence-electron chi connectivity index (χ2n) is 10.4. The molecule has 1 N–H and O–H groups in total. The Bertz CT molecular complexity index is 1200. The van der Waals surface area contributed by atoms with E-state index in [0.717, 1.165) is 55.4 Å². The molecule has 19 heteroatoms. The first kappa shape index (κ1) is 38.8. The van der Waals surface area contributed by atoms with E-state index in [9.17, 15) is 38.4 Å². The second kappa shape index (κ2) is 17.5. The van der Waals surface area contributed by atoms with Crippen molar-refractivity contribution in [2.24, 2.45) is 0 Å². The fourth-order valence-corrected chi connectivity index (χ4v) is 4.84. The topological polar surface area (TPSA) is 241 Å². The van der Waals surface area contributed by atoms with Crippen LogP contribution in [0, 0.1) is 0 Å².